The Hall–Kier alpha value is -0.740. The van der Waals surface area contributed by atoms with Crippen LogP contribution in [0, 0.1) is 11.3 Å². The first-order valence-electron chi connectivity index (χ1n) is 5.76. The highest BCUT2D eigenvalue weighted by Crippen LogP contribution is 2.26. The zero-order valence-corrected chi connectivity index (χ0v) is 9.61. The molecule has 0 atom stereocenters. The number of alkyl halides is 3. The molecule has 94 valence electrons. The smallest absolute Gasteiger partial charge is 0.363 e. The number of hydrogen-bond donors (Lipinski definition) is 1. The van der Waals surface area contributed by atoms with Crippen LogP contribution in [-0.4, -0.2) is 30.5 Å². The quantitative estimate of drug-likeness (QED) is 0.590. The molecule has 2 nitrogen and oxygen atoms in total. The summed E-state index contributed by atoms with van der Waals surface area (Å²) in [5.74, 6) is 0.552. The van der Waals surface area contributed by atoms with Crippen molar-refractivity contribution in [1.29, 1.82) is 5.41 Å². The number of amidine groups is 1. The van der Waals surface area contributed by atoms with E-state index in [4.69, 9.17) is 5.41 Å². The molecule has 0 heterocycles. The maximum absolute atomic E-state index is 12.0. The van der Waals surface area contributed by atoms with E-state index in [0.717, 1.165) is 25.7 Å². The third-order valence-electron chi connectivity index (χ3n) is 3.13. The Bertz CT molecular complexity index is 232. The average Bonchev–Trinajstić information content (AvgIpc) is 2.25. The summed E-state index contributed by atoms with van der Waals surface area (Å²) in [5, 5.41) is 7.86. The molecule has 0 spiro atoms. The van der Waals surface area contributed by atoms with Crippen molar-refractivity contribution in [2.75, 3.05) is 13.6 Å². The van der Waals surface area contributed by atoms with Crippen molar-refractivity contribution in [2.45, 2.75) is 44.7 Å². The molecule has 1 rings (SSSR count). The molecule has 0 aromatic heterocycles. The maximum atomic E-state index is 12.0. The molecule has 0 saturated heterocycles. The van der Waals surface area contributed by atoms with Crippen LogP contribution < -0.4 is 0 Å². The van der Waals surface area contributed by atoms with Gasteiger partial charge in [-0.1, -0.05) is 19.3 Å². The first-order chi connectivity index (χ1) is 7.40. The number of halogens is 3. The van der Waals surface area contributed by atoms with Gasteiger partial charge in [-0.05, 0) is 12.8 Å². The summed E-state index contributed by atoms with van der Waals surface area (Å²) in [6, 6.07) is 0. The fourth-order valence-corrected chi connectivity index (χ4v) is 2.10. The Morgan fingerprint density at radius 3 is 2.31 bits per heavy atom. The Balaban J connectivity index is 2.34. The third kappa shape index (κ3) is 4.41. The molecule has 1 fully saturated rings. The predicted octanol–water partition coefficient (Wildman–Crippen LogP) is 3.43. The summed E-state index contributed by atoms with van der Waals surface area (Å²) >= 11 is 0. The minimum Gasteiger partial charge on any atom is -0.363 e. The van der Waals surface area contributed by atoms with Gasteiger partial charge in [0.05, 0.1) is 12.3 Å². The van der Waals surface area contributed by atoms with Crippen molar-refractivity contribution in [3.05, 3.63) is 0 Å². The van der Waals surface area contributed by atoms with Gasteiger partial charge in [0.25, 0.3) is 0 Å². The van der Waals surface area contributed by atoms with Crippen LogP contribution in [0.3, 0.4) is 0 Å². The second kappa shape index (κ2) is 5.55. The van der Waals surface area contributed by atoms with Crippen molar-refractivity contribution >= 4 is 5.84 Å². The molecule has 5 heteroatoms. The molecule has 0 aliphatic heterocycles. The first kappa shape index (κ1) is 13.3. The van der Waals surface area contributed by atoms with Gasteiger partial charge in [0.2, 0.25) is 0 Å². The van der Waals surface area contributed by atoms with Gasteiger partial charge in [0, 0.05) is 19.5 Å². The Kier molecular flexibility index (Phi) is 4.62. The van der Waals surface area contributed by atoms with Crippen molar-refractivity contribution in [2.24, 2.45) is 5.92 Å². The van der Waals surface area contributed by atoms with Crippen molar-refractivity contribution in [1.82, 2.24) is 4.90 Å². The maximum Gasteiger partial charge on any atom is 0.390 e. The SMILES string of the molecule is CN(CCC(F)(F)F)C(=N)C1CCCCC1. The molecule has 0 amide bonds. The summed E-state index contributed by atoms with van der Waals surface area (Å²) in [4.78, 5) is 1.45. The standard InChI is InChI=1S/C11H19F3N2/c1-16(8-7-11(12,13)14)10(15)9-5-3-2-4-6-9/h9,15H,2-8H2,1H3. The molecule has 0 aromatic carbocycles. The fraction of sp³-hybridized carbons (Fsp3) is 0.909. The second-order valence-corrected chi connectivity index (χ2v) is 4.51. The van der Waals surface area contributed by atoms with Gasteiger partial charge in [-0.3, -0.25) is 5.41 Å². The zero-order valence-electron chi connectivity index (χ0n) is 9.61. The molecule has 1 N–H and O–H groups in total. The number of nitrogens with zero attached hydrogens (tertiary/aromatic N) is 1. The normalized spacial score (nSPS) is 18.5. The van der Waals surface area contributed by atoms with Crippen LogP contribution in [0.1, 0.15) is 38.5 Å². The van der Waals surface area contributed by atoms with E-state index in [1.54, 1.807) is 7.05 Å². The van der Waals surface area contributed by atoms with Crippen LogP contribution in [0.2, 0.25) is 0 Å². The van der Waals surface area contributed by atoms with Crippen molar-refractivity contribution in [3.63, 3.8) is 0 Å². The van der Waals surface area contributed by atoms with Crippen LogP contribution in [-0.2, 0) is 0 Å². The highest BCUT2D eigenvalue weighted by Gasteiger charge is 2.28. The number of rotatable bonds is 3. The molecule has 1 aliphatic rings. The number of hydrogen-bond acceptors (Lipinski definition) is 1. The van der Waals surface area contributed by atoms with E-state index in [1.165, 1.54) is 11.3 Å². The highest BCUT2D eigenvalue weighted by atomic mass is 19.4. The zero-order chi connectivity index (χ0) is 12.2. The first-order valence-corrected chi connectivity index (χ1v) is 5.76. The molecule has 0 aromatic rings. The van der Waals surface area contributed by atoms with Gasteiger partial charge in [-0.2, -0.15) is 13.2 Å². The predicted molar refractivity (Wildman–Crippen MR) is 57.6 cm³/mol. The van der Waals surface area contributed by atoms with Gasteiger partial charge in [-0.25, -0.2) is 0 Å². The van der Waals surface area contributed by atoms with E-state index in [9.17, 15) is 13.2 Å². The minimum absolute atomic E-state index is 0.0984. The van der Waals surface area contributed by atoms with Crippen LogP contribution in [0.25, 0.3) is 0 Å². The van der Waals surface area contributed by atoms with Crippen molar-refractivity contribution < 1.29 is 13.2 Å². The van der Waals surface area contributed by atoms with Gasteiger partial charge < -0.3 is 4.90 Å². The van der Waals surface area contributed by atoms with E-state index >= 15 is 0 Å². The fourth-order valence-electron chi connectivity index (χ4n) is 2.10. The molecular formula is C11H19F3N2. The average molecular weight is 236 g/mol. The van der Waals surface area contributed by atoms with Crippen molar-refractivity contribution in [3.8, 4) is 0 Å². The van der Waals surface area contributed by atoms with E-state index in [1.807, 2.05) is 0 Å². The molecular weight excluding hydrogens is 217 g/mol. The van der Waals surface area contributed by atoms with E-state index < -0.39 is 12.6 Å². The number of nitrogens with one attached hydrogen (secondary N) is 1. The van der Waals surface area contributed by atoms with Crippen LogP contribution in [0.15, 0.2) is 0 Å². The Morgan fingerprint density at radius 2 is 1.81 bits per heavy atom. The summed E-state index contributed by atoms with van der Waals surface area (Å²) in [6.45, 7) is -0.0984. The molecule has 0 bridgehead atoms. The largest absolute Gasteiger partial charge is 0.390 e. The van der Waals surface area contributed by atoms with Gasteiger partial charge in [0.15, 0.2) is 0 Å². The summed E-state index contributed by atoms with van der Waals surface area (Å²) < 4.78 is 36.1. The third-order valence-corrected chi connectivity index (χ3v) is 3.13. The molecule has 0 radical (unpaired) electrons. The summed E-state index contributed by atoms with van der Waals surface area (Å²) in [6.07, 6.45) is 0.334. The lowest BCUT2D eigenvalue weighted by atomic mass is 9.88. The molecule has 1 saturated carbocycles. The second-order valence-electron chi connectivity index (χ2n) is 4.51. The Morgan fingerprint density at radius 1 is 1.25 bits per heavy atom. The van der Waals surface area contributed by atoms with E-state index in [2.05, 4.69) is 0 Å². The molecule has 0 unspecified atom stereocenters. The monoisotopic (exact) mass is 236 g/mol. The lowest BCUT2D eigenvalue weighted by Crippen LogP contribution is -2.35. The van der Waals surface area contributed by atoms with E-state index in [-0.39, 0.29) is 12.5 Å². The summed E-state index contributed by atoms with van der Waals surface area (Å²) in [7, 11) is 1.59. The highest BCUT2D eigenvalue weighted by molar-refractivity contribution is 5.81. The molecule has 1 aliphatic carbocycles. The summed E-state index contributed by atoms with van der Waals surface area (Å²) in [5.41, 5.74) is 0. The molecule has 16 heavy (non-hydrogen) atoms. The van der Waals surface area contributed by atoms with Gasteiger partial charge in [-0.15, -0.1) is 0 Å². The topological polar surface area (TPSA) is 27.1 Å². The van der Waals surface area contributed by atoms with Crippen LogP contribution >= 0.6 is 0 Å². The minimum atomic E-state index is -4.12. The lowest BCUT2D eigenvalue weighted by molar-refractivity contribution is -0.135. The van der Waals surface area contributed by atoms with Crippen LogP contribution in [0.4, 0.5) is 13.2 Å². The van der Waals surface area contributed by atoms with Gasteiger partial charge >= 0.3 is 6.18 Å². The van der Waals surface area contributed by atoms with Gasteiger partial charge in [0.1, 0.15) is 0 Å². The lowest BCUT2D eigenvalue weighted by Gasteiger charge is -2.29. The Labute approximate surface area is 94.3 Å². The van der Waals surface area contributed by atoms with Crippen LogP contribution in [0.5, 0.6) is 0 Å². The van der Waals surface area contributed by atoms with E-state index in [0.29, 0.717) is 5.84 Å².